The van der Waals surface area contributed by atoms with Crippen molar-refractivity contribution in [3.8, 4) is 0 Å². The van der Waals surface area contributed by atoms with E-state index < -0.39 is 65.5 Å². The van der Waals surface area contributed by atoms with Crippen LogP contribution in [0.5, 0.6) is 0 Å². The zero-order valence-corrected chi connectivity index (χ0v) is 27.0. The van der Waals surface area contributed by atoms with Crippen molar-refractivity contribution in [1.82, 2.24) is 0 Å². The van der Waals surface area contributed by atoms with Crippen LogP contribution in [-0.2, 0) is 37.9 Å². The number of epoxide rings is 1. The lowest BCUT2D eigenvalue weighted by molar-refractivity contribution is -0.385. The highest BCUT2D eigenvalue weighted by Crippen LogP contribution is 2.59. The molecule has 7 aliphatic rings. The number of allylic oxidation sites excluding steroid dienone is 2. The number of rotatable bonds is 8. The van der Waals surface area contributed by atoms with Crippen molar-refractivity contribution in [3.63, 3.8) is 0 Å². The number of fused-ring (bicyclic) bond motifs is 3. The summed E-state index contributed by atoms with van der Waals surface area (Å²) in [7, 11) is 3.19. The van der Waals surface area contributed by atoms with Crippen LogP contribution in [0, 0.1) is 23.2 Å². The van der Waals surface area contributed by atoms with Crippen molar-refractivity contribution in [3.05, 3.63) is 22.8 Å². The minimum Gasteiger partial charge on any atom is -0.390 e. The monoisotopic (exact) mass is 622 g/mol. The van der Waals surface area contributed by atoms with Gasteiger partial charge in [-0.2, -0.15) is 0 Å². The Labute approximate surface area is 259 Å². The third-order valence-corrected chi connectivity index (χ3v) is 11.7. The maximum Gasteiger partial charge on any atom is 0.230 e. The van der Waals surface area contributed by atoms with E-state index in [0.29, 0.717) is 13.0 Å². The Bertz CT molecular complexity index is 1200. The zero-order chi connectivity index (χ0) is 31.4. The molecule has 1 spiro atoms. The number of ether oxygens (including phenoxy) is 8. The Hall–Kier alpha value is -0.960. The van der Waals surface area contributed by atoms with E-state index in [-0.39, 0.29) is 37.1 Å². The first-order chi connectivity index (χ1) is 20.8. The SMILES string of the molecule is COCC1O[C@H](O[C@@H]2C3=C(C(C)C)CC[C@]3(C)/C=C3\[C@@H](CC[C@]3(O)COC)[C@@H](C)[C@H]2O)[C@H](O)C2OC3OC12OC3(C)[C@H]1CO1. The minimum absolute atomic E-state index is 0.0440. The van der Waals surface area contributed by atoms with Gasteiger partial charge in [-0.1, -0.05) is 39.3 Å². The van der Waals surface area contributed by atoms with Crippen molar-refractivity contribution in [1.29, 1.82) is 0 Å². The van der Waals surface area contributed by atoms with Crippen LogP contribution in [0.25, 0.3) is 0 Å². The average molecular weight is 623 g/mol. The number of aliphatic hydroxyl groups is 3. The standard InChI is InChI=1S/C33H50O11/c1-16(2)18-8-10-30(4)12-20-19(9-11-32(20,36)15-38-7)17(3)24(34)26(23(18)30)41-28-25(35)27-33(22(40-28)13-37-6)43-29(42-27)31(5,44-33)21-14-39-21/h12,16-17,19,21-22,24-29,34-36H,8-11,13-15H2,1-7H3/b20-12+/t17-,19+,21-,22?,24-,25-,26-,27?,28-,29?,30-,31?,32+,33?/m1/s1. The number of hydrogen-bond donors (Lipinski definition) is 3. The van der Waals surface area contributed by atoms with E-state index in [1.807, 2.05) is 13.8 Å². The van der Waals surface area contributed by atoms with Crippen molar-refractivity contribution in [2.75, 3.05) is 34.0 Å². The first kappa shape index (κ1) is 31.6. The van der Waals surface area contributed by atoms with Crippen molar-refractivity contribution < 1.29 is 53.2 Å². The summed E-state index contributed by atoms with van der Waals surface area (Å²) in [5.41, 5.74) is 0.814. The van der Waals surface area contributed by atoms with Gasteiger partial charge in [-0.05, 0) is 61.5 Å². The van der Waals surface area contributed by atoms with Crippen LogP contribution >= 0.6 is 0 Å². The first-order valence-corrected chi connectivity index (χ1v) is 16.3. The second-order valence-electron chi connectivity index (χ2n) is 14.9. The molecule has 0 aromatic carbocycles. The summed E-state index contributed by atoms with van der Waals surface area (Å²) in [5.74, 6) is -1.45. The van der Waals surface area contributed by atoms with E-state index in [1.54, 1.807) is 14.2 Å². The predicted molar refractivity (Wildman–Crippen MR) is 155 cm³/mol. The van der Waals surface area contributed by atoms with E-state index >= 15 is 0 Å². The predicted octanol–water partition coefficient (Wildman–Crippen LogP) is 2.21. The molecule has 14 atom stereocenters. The fourth-order valence-corrected chi connectivity index (χ4v) is 9.18. The molecule has 5 fully saturated rings. The Kier molecular flexibility index (Phi) is 7.75. The Morgan fingerprint density at radius 2 is 1.82 bits per heavy atom. The largest absolute Gasteiger partial charge is 0.390 e. The molecule has 5 unspecified atom stereocenters. The molecule has 4 aliphatic heterocycles. The van der Waals surface area contributed by atoms with Crippen LogP contribution in [-0.4, -0.2) is 116 Å². The smallest absolute Gasteiger partial charge is 0.230 e. The maximum absolute atomic E-state index is 12.2. The van der Waals surface area contributed by atoms with Crippen LogP contribution in [0.4, 0.5) is 0 Å². The Morgan fingerprint density at radius 3 is 2.48 bits per heavy atom. The molecule has 0 radical (unpaired) electrons. The molecule has 0 aromatic heterocycles. The molecule has 0 amide bonds. The zero-order valence-electron chi connectivity index (χ0n) is 27.0. The molecular formula is C33H50O11. The molecule has 7 rings (SSSR count). The molecule has 0 aromatic rings. The van der Waals surface area contributed by atoms with Crippen LogP contribution in [0.2, 0.25) is 0 Å². The molecule has 3 N–H and O–H groups in total. The van der Waals surface area contributed by atoms with E-state index in [9.17, 15) is 15.3 Å². The summed E-state index contributed by atoms with van der Waals surface area (Å²) in [5, 5.41) is 35.7. The van der Waals surface area contributed by atoms with Gasteiger partial charge in [-0.3, -0.25) is 0 Å². The van der Waals surface area contributed by atoms with Gasteiger partial charge in [0.2, 0.25) is 5.79 Å². The summed E-state index contributed by atoms with van der Waals surface area (Å²) in [6.45, 7) is 11.3. The van der Waals surface area contributed by atoms with Gasteiger partial charge in [-0.15, -0.1) is 0 Å². The minimum atomic E-state index is -1.38. The fraction of sp³-hybridized carbons (Fsp3) is 0.879. The first-order valence-electron chi connectivity index (χ1n) is 16.3. The van der Waals surface area contributed by atoms with Gasteiger partial charge < -0.3 is 53.2 Å². The summed E-state index contributed by atoms with van der Waals surface area (Å²) in [4.78, 5) is 0. The lowest BCUT2D eigenvalue weighted by Gasteiger charge is -2.50. The normalized spacial score (nSPS) is 54.1. The van der Waals surface area contributed by atoms with Gasteiger partial charge >= 0.3 is 0 Å². The number of hydrogen-bond acceptors (Lipinski definition) is 11. The Morgan fingerprint density at radius 1 is 1.07 bits per heavy atom. The van der Waals surface area contributed by atoms with Crippen LogP contribution < -0.4 is 0 Å². The summed E-state index contributed by atoms with van der Waals surface area (Å²) >= 11 is 0. The van der Waals surface area contributed by atoms with Gasteiger partial charge in [0.25, 0.3) is 0 Å². The van der Waals surface area contributed by atoms with Crippen molar-refractivity contribution in [2.45, 2.75) is 126 Å². The third kappa shape index (κ3) is 4.49. The van der Waals surface area contributed by atoms with Gasteiger partial charge in [-0.25, -0.2) is 0 Å². The number of methoxy groups -OCH3 is 2. The quantitative estimate of drug-likeness (QED) is 0.271. The topological polar surface area (TPSA) is 138 Å². The molecule has 11 heteroatoms. The maximum atomic E-state index is 12.2. The van der Waals surface area contributed by atoms with E-state index in [1.165, 1.54) is 5.57 Å². The number of aliphatic hydroxyl groups excluding tert-OH is 2. The molecule has 4 heterocycles. The molecule has 1 saturated carbocycles. The summed E-state index contributed by atoms with van der Waals surface area (Å²) in [6.07, 6.45) is -1.41. The average Bonchev–Trinajstić information content (AvgIpc) is 3.48. The molecule has 11 nitrogen and oxygen atoms in total. The van der Waals surface area contributed by atoms with Gasteiger partial charge in [0.1, 0.15) is 41.7 Å². The van der Waals surface area contributed by atoms with E-state index in [4.69, 9.17) is 37.9 Å². The second-order valence-corrected chi connectivity index (χ2v) is 14.9. The lowest BCUT2D eigenvalue weighted by Crippen LogP contribution is -2.70. The molecule has 4 saturated heterocycles. The highest BCUT2D eigenvalue weighted by molar-refractivity contribution is 5.42. The van der Waals surface area contributed by atoms with Gasteiger partial charge in [0.05, 0.1) is 25.9 Å². The van der Waals surface area contributed by atoms with Crippen molar-refractivity contribution >= 4 is 0 Å². The molecule has 3 aliphatic carbocycles. The highest BCUT2D eigenvalue weighted by atomic mass is 16.9. The van der Waals surface area contributed by atoms with Gasteiger partial charge in [0.15, 0.2) is 12.6 Å². The highest BCUT2D eigenvalue weighted by Gasteiger charge is 2.77. The van der Waals surface area contributed by atoms with Gasteiger partial charge in [0, 0.05) is 19.6 Å². The third-order valence-electron chi connectivity index (χ3n) is 11.7. The fourth-order valence-electron chi connectivity index (χ4n) is 9.18. The lowest BCUT2D eigenvalue weighted by atomic mass is 9.68. The second kappa shape index (κ2) is 10.8. The van der Waals surface area contributed by atoms with Crippen LogP contribution in [0.1, 0.15) is 60.3 Å². The summed E-state index contributed by atoms with van der Waals surface area (Å²) < 4.78 is 49.0. The molecule has 248 valence electrons. The Balaban J connectivity index is 1.25. The molecule has 44 heavy (non-hydrogen) atoms. The van der Waals surface area contributed by atoms with E-state index in [2.05, 4.69) is 26.8 Å². The van der Waals surface area contributed by atoms with Crippen molar-refractivity contribution in [2.24, 2.45) is 23.2 Å². The van der Waals surface area contributed by atoms with Crippen LogP contribution in [0.3, 0.4) is 0 Å². The molecule has 2 bridgehead atoms. The summed E-state index contributed by atoms with van der Waals surface area (Å²) in [6, 6.07) is 0. The molecular weight excluding hydrogens is 572 g/mol. The van der Waals surface area contributed by atoms with Crippen LogP contribution in [0.15, 0.2) is 22.8 Å². The van der Waals surface area contributed by atoms with E-state index in [0.717, 1.165) is 30.4 Å².